The fourth-order valence-electron chi connectivity index (χ4n) is 5.48. The van der Waals surface area contributed by atoms with Gasteiger partial charge >= 0.3 is 5.97 Å². The highest BCUT2D eigenvalue weighted by atomic mass is 28.3. The molecule has 2 aromatic rings. The first-order chi connectivity index (χ1) is 22.1. The normalized spacial score (nSPS) is 26.7. The summed E-state index contributed by atoms with van der Waals surface area (Å²) in [7, 11) is -1.36. The van der Waals surface area contributed by atoms with Crippen LogP contribution in [0, 0.1) is 11.3 Å². The Kier molecular flexibility index (Phi) is 11.6. The molecule has 47 heavy (non-hydrogen) atoms. The van der Waals surface area contributed by atoms with Crippen LogP contribution in [0.15, 0.2) is 36.4 Å². The molecule has 0 radical (unpaired) electrons. The molecule has 256 valence electrons. The van der Waals surface area contributed by atoms with Gasteiger partial charge in [-0.25, -0.2) is 10.4 Å². The van der Waals surface area contributed by atoms with Crippen molar-refractivity contribution in [3.05, 3.63) is 47.7 Å². The first-order valence-corrected chi connectivity index (χ1v) is 20.3. The first-order valence-electron chi connectivity index (χ1n) is 16.6. The van der Waals surface area contributed by atoms with Crippen molar-refractivity contribution in [3.8, 4) is 0 Å². The Labute approximate surface area is 279 Å². The number of nitrogens with zero attached hydrogens (tertiary/aromatic N) is 2. The number of amides is 3. The van der Waals surface area contributed by atoms with E-state index in [1.165, 1.54) is 5.01 Å². The highest BCUT2D eigenvalue weighted by Crippen LogP contribution is 2.26. The Morgan fingerprint density at radius 3 is 2.51 bits per heavy atom. The summed E-state index contributed by atoms with van der Waals surface area (Å²) in [6.45, 7) is 16.7. The van der Waals surface area contributed by atoms with Gasteiger partial charge in [0.1, 0.15) is 24.2 Å². The van der Waals surface area contributed by atoms with Gasteiger partial charge in [-0.15, -0.1) is 0 Å². The fraction of sp³-hybridized carbons (Fsp3) is 0.571. The van der Waals surface area contributed by atoms with E-state index in [2.05, 4.69) is 35.7 Å². The van der Waals surface area contributed by atoms with E-state index < -0.39 is 55.5 Å². The van der Waals surface area contributed by atoms with Crippen molar-refractivity contribution in [2.24, 2.45) is 11.3 Å². The van der Waals surface area contributed by atoms with Crippen LogP contribution in [0.2, 0.25) is 25.7 Å². The van der Waals surface area contributed by atoms with Gasteiger partial charge in [0.2, 0.25) is 11.8 Å². The lowest BCUT2D eigenvalue weighted by molar-refractivity contribution is -0.157. The lowest BCUT2D eigenvalue weighted by Crippen LogP contribution is -2.61. The second kappa shape index (κ2) is 15.1. The zero-order chi connectivity index (χ0) is 34.5. The number of aromatic nitrogens is 1. The number of esters is 1. The van der Waals surface area contributed by atoms with E-state index in [0.717, 1.165) is 17.0 Å². The van der Waals surface area contributed by atoms with Crippen molar-refractivity contribution in [1.82, 2.24) is 26.1 Å². The number of benzene rings is 1. The van der Waals surface area contributed by atoms with E-state index in [1.807, 2.05) is 56.3 Å². The van der Waals surface area contributed by atoms with Gasteiger partial charge in [-0.2, -0.15) is 0 Å². The summed E-state index contributed by atoms with van der Waals surface area (Å²) in [6, 6.07) is 8.03. The summed E-state index contributed by atoms with van der Waals surface area (Å²) in [5.41, 5.74) is 4.03. The number of rotatable bonds is 6. The van der Waals surface area contributed by atoms with Gasteiger partial charge in [0.05, 0.1) is 23.2 Å². The van der Waals surface area contributed by atoms with Gasteiger partial charge < -0.3 is 20.1 Å². The molecule has 1 saturated heterocycles. The minimum atomic E-state index is -1.36. The van der Waals surface area contributed by atoms with Crippen LogP contribution in [0.3, 0.4) is 0 Å². The van der Waals surface area contributed by atoms with Crippen LogP contribution in [0.4, 0.5) is 0 Å². The number of carbonyl (C=O) groups excluding carboxylic acids is 4. The molecule has 1 aromatic carbocycles. The largest absolute Gasteiger partial charge is 0.455 e. The molecule has 0 saturated carbocycles. The molecule has 0 spiro atoms. The molecule has 12 heteroatoms. The van der Waals surface area contributed by atoms with E-state index in [1.54, 1.807) is 20.8 Å². The standard InChI is InChI=1S/C35H51N5O6Si/c1-22(2)30-31(41)36-23(3)32(42)40-17-9-10-28(39-40)33(43)46-24(4)27-14-13-26-12-11-25(20-29(26)37-27)15-16-35(5,34(44)38-30)21-45-18-19-47(6,7)8/h11-16,20,22-24,28,30,39H,9-10,17-19,21H2,1-8H3,(H,36,41)(H,38,44)/t23-,24+,28-,30-,35+/m0/s1. The number of pyridine rings is 1. The average Bonchev–Trinajstić information content (AvgIpc) is 3.02. The van der Waals surface area contributed by atoms with Crippen LogP contribution in [0.5, 0.6) is 0 Å². The smallest absolute Gasteiger partial charge is 0.325 e. The summed E-state index contributed by atoms with van der Waals surface area (Å²) in [6.07, 6.45) is 4.14. The molecule has 3 amide bonds. The molecule has 2 aliphatic heterocycles. The van der Waals surface area contributed by atoms with Crippen molar-refractivity contribution < 1.29 is 28.7 Å². The van der Waals surface area contributed by atoms with Crippen LogP contribution in [0.25, 0.3) is 17.0 Å². The Hall–Kier alpha value is -3.61. The van der Waals surface area contributed by atoms with E-state index in [-0.39, 0.29) is 18.4 Å². The molecular weight excluding hydrogens is 615 g/mol. The topological polar surface area (TPSA) is 139 Å². The van der Waals surface area contributed by atoms with Crippen LogP contribution >= 0.6 is 0 Å². The summed E-state index contributed by atoms with van der Waals surface area (Å²) in [5.74, 6) is -1.96. The van der Waals surface area contributed by atoms with Crippen molar-refractivity contribution in [1.29, 1.82) is 0 Å². The number of fused-ring (bicyclic) bond motifs is 4. The Morgan fingerprint density at radius 1 is 1.09 bits per heavy atom. The van der Waals surface area contributed by atoms with Gasteiger partial charge in [0.25, 0.3) is 5.91 Å². The maximum atomic E-state index is 14.0. The minimum absolute atomic E-state index is 0.127. The summed E-state index contributed by atoms with van der Waals surface area (Å²) < 4.78 is 11.9. The number of cyclic esters (lactones) is 1. The third kappa shape index (κ3) is 9.48. The molecule has 11 nitrogen and oxygen atoms in total. The van der Waals surface area contributed by atoms with Gasteiger partial charge in [-0.3, -0.25) is 24.2 Å². The van der Waals surface area contributed by atoms with Crippen LogP contribution in [0.1, 0.15) is 64.8 Å². The van der Waals surface area contributed by atoms with Crippen molar-refractivity contribution >= 4 is 48.7 Å². The van der Waals surface area contributed by atoms with Gasteiger partial charge in [0.15, 0.2) is 0 Å². The minimum Gasteiger partial charge on any atom is -0.455 e. The van der Waals surface area contributed by atoms with Crippen LogP contribution < -0.4 is 16.1 Å². The van der Waals surface area contributed by atoms with Gasteiger partial charge in [-0.1, -0.05) is 63.8 Å². The number of nitrogens with one attached hydrogen (secondary N) is 3. The Morgan fingerprint density at radius 2 is 1.81 bits per heavy atom. The third-order valence-electron chi connectivity index (χ3n) is 8.71. The molecule has 5 atom stereocenters. The quantitative estimate of drug-likeness (QED) is 0.235. The number of hydrazine groups is 1. The number of ether oxygens (including phenoxy) is 2. The number of carbonyl (C=O) groups is 4. The lowest BCUT2D eigenvalue weighted by Gasteiger charge is -2.35. The third-order valence-corrected chi connectivity index (χ3v) is 10.4. The molecule has 0 unspecified atom stereocenters. The Balaban J connectivity index is 1.72. The molecule has 5 bridgehead atoms. The van der Waals surface area contributed by atoms with Crippen molar-refractivity contribution in [3.63, 3.8) is 0 Å². The summed E-state index contributed by atoms with van der Waals surface area (Å²) in [5, 5.41) is 8.03. The molecule has 4 rings (SSSR count). The lowest BCUT2D eigenvalue weighted by atomic mass is 9.88. The molecule has 0 aliphatic carbocycles. The highest BCUT2D eigenvalue weighted by Gasteiger charge is 2.37. The maximum Gasteiger partial charge on any atom is 0.325 e. The maximum absolute atomic E-state index is 14.0. The van der Waals surface area contributed by atoms with Gasteiger partial charge in [0, 0.05) is 26.6 Å². The van der Waals surface area contributed by atoms with E-state index >= 15 is 0 Å². The summed E-state index contributed by atoms with van der Waals surface area (Å²) >= 11 is 0. The molecule has 3 N–H and O–H groups in total. The van der Waals surface area contributed by atoms with Crippen molar-refractivity contribution in [2.75, 3.05) is 19.8 Å². The molecule has 3 heterocycles. The van der Waals surface area contributed by atoms with Crippen LogP contribution in [-0.4, -0.2) is 79.6 Å². The second-order valence-electron chi connectivity index (χ2n) is 14.6. The predicted octanol–water partition coefficient (Wildman–Crippen LogP) is 4.37. The Bertz CT molecular complexity index is 1510. The zero-order valence-electron chi connectivity index (χ0n) is 29.0. The fourth-order valence-corrected chi connectivity index (χ4v) is 6.24. The van der Waals surface area contributed by atoms with E-state index in [0.29, 0.717) is 37.2 Å². The second-order valence-corrected chi connectivity index (χ2v) is 20.2. The number of hydrogen-bond acceptors (Lipinski definition) is 8. The van der Waals surface area contributed by atoms with Crippen LogP contribution in [-0.2, 0) is 28.7 Å². The SMILES string of the molecule is CC(C)[C@@H]1NC(=O)[C@@](C)(COCC[Si](C)(C)C)C=Cc2ccc3ccc(nc3c2)[C@@H](C)OC(=O)[C@@H]2CCCN(N2)C(=O)[C@H](C)NC1=O. The summed E-state index contributed by atoms with van der Waals surface area (Å²) in [4.78, 5) is 58.9. The van der Waals surface area contributed by atoms with Crippen molar-refractivity contribution in [2.45, 2.75) is 97.4 Å². The molecule has 1 fully saturated rings. The van der Waals surface area contributed by atoms with E-state index in [4.69, 9.17) is 14.5 Å². The zero-order valence-corrected chi connectivity index (χ0v) is 30.0. The van der Waals surface area contributed by atoms with E-state index in [9.17, 15) is 19.2 Å². The first kappa shape index (κ1) is 36.2. The molecule has 2 aliphatic rings. The number of hydrogen-bond donors (Lipinski definition) is 3. The average molecular weight is 666 g/mol. The highest BCUT2D eigenvalue weighted by molar-refractivity contribution is 6.76. The monoisotopic (exact) mass is 665 g/mol. The predicted molar refractivity (Wildman–Crippen MR) is 185 cm³/mol. The van der Waals surface area contributed by atoms with Gasteiger partial charge in [-0.05, 0) is 63.3 Å². The molecule has 1 aromatic heterocycles. The molecular formula is C35H51N5O6Si.